The largest absolute Gasteiger partial charge is 0.436 e. The standard InChI is InChI=1S/C25H26N4O2/c1-18(2)22(16-26)28-12-14-29(15-13-28)25(30)21-11-7-6-10-20(21)24-27-17-23(31-24)19-8-4-3-5-9-19/h3-11,17-18,22H,12-15H2,1-2H3. The molecule has 2 heterocycles. The van der Waals surface area contributed by atoms with E-state index in [1.165, 1.54) is 0 Å². The van der Waals surface area contributed by atoms with Gasteiger partial charge in [0, 0.05) is 37.3 Å². The monoisotopic (exact) mass is 414 g/mol. The van der Waals surface area contributed by atoms with E-state index in [-0.39, 0.29) is 17.9 Å². The highest BCUT2D eigenvalue weighted by Gasteiger charge is 2.29. The number of nitriles is 1. The minimum absolute atomic E-state index is 0.0345. The van der Waals surface area contributed by atoms with Crippen molar-refractivity contribution < 1.29 is 9.21 Å². The fourth-order valence-corrected chi connectivity index (χ4v) is 4.02. The highest BCUT2D eigenvalue weighted by Crippen LogP contribution is 2.29. The molecule has 1 atom stereocenters. The van der Waals surface area contributed by atoms with Gasteiger partial charge in [0.15, 0.2) is 5.76 Å². The maximum absolute atomic E-state index is 13.3. The molecule has 1 amide bonds. The lowest BCUT2D eigenvalue weighted by molar-refractivity contribution is 0.0577. The van der Waals surface area contributed by atoms with Crippen LogP contribution in [0.3, 0.4) is 0 Å². The molecule has 0 bridgehead atoms. The third kappa shape index (κ3) is 4.37. The molecule has 4 rings (SSSR count). The lowest BCUT2D eigenvalue weighted by Crippen LogP contribution is -2.52. The second-order valence-corrected chi connectivity index (χ2v) is 8.09. The number of hydrogen-bond donors (Lipinski definition) is 0. The topological polar surface area (TPSA) is 73.4 Å². The SMILES string of the molecule is CC(C)C(C#N)N1CCN(C(=O)c2ccccc2-c2ncc(-c3ccccc3)o2)CC1. The van der Waals surface area contributed by atoms with Gasteiger partial charge in [-0.3, -0.25) is 9.69 Å². The first-order valence-corrected chi connectivity index (χ1v) is 10.6. The Morgan fingerprint density at radius 3 is 2.39 bits per heavy atom. The van der Waals surface area contributed by atoms with E-state index in [9.17, 15) is 10.1 Å². The maximum Gasteiger partial charge on any atom is 0.254 e. The first kappa shape index (κ1) is 20.8. The molecule has 1 fully saturated rings. The Hall–Kier alpha value is -3.43. The van der Waals surface area contributed by atoms with E-state index in [0.29, 0.717) is 49.0 Å². The van der Waals surface area contributed by atoms with Gasteiger partial charge in [0.2, 0.25) is 5.89 Å². The van der Waals surface area contributed by atoms with Crippen molar-refractivity contribution in [3.63, 3.8) is 0 Å². The van der Waals surface area contributed by atoms with Crippen LogP contribution in [0.1, 0.15) is 24.2 Å². The number of benzene rings is 2. The van der Waals surface area contributed by atoms with Crippen molar-refractivity contribution in [2.45, 2.75) is 19.9 Å². The summed E-state index contributed by atoms with van der Waals surface area (Å²) < 4.78 is 6.00. The number of carbonyl (C=O) groups is 1. The summed E-state index contributed by atoms with van der Waals surface area (Å²) in [4.78, 5) is 21.8. The maximum atomic E-state index is 13.3. The molecule has 1 aromatic heterocycles. The van der Waals surface area contributed by atoms with Crippen LogP contribution in [-0.4, -0.2) is 52.9 Å². The Kier molecular flexibility index (Phi) is 6.15. The molecule has 0 aliphatic carbocycles. The number of amides is 1. The molecule has 0 spiro atoms. The van der Waals surface area contributed by atoms with Crippen molar-refractivity contribution in [3.05, 3.63) is 66.4 Å². The van der Waals surface area contributed by atoms with Crippen LogP contribution < -0.4 is 0 Å². The molecule has 6 heteroatoms. The zero-order valence-corrected chi connectivity index (χ0v) is 17.9. The number of piperazine rings is 1. The summed E-state index contributed by atoms with van der Waals surface area (Å²) in [6, 6.07) is 19.5. The Bertz CT molecular complexity index is 1080. The first-order valence-electron chi connectivity index (χ1n) is 10.6. The van der Waals surface area contributed by atoms with E-state index in [1.54, 1.807) is 6.20 Å². The van der Waals surface area contributed by atoms with Crippen LogP contribution in [-0.2, 0) is 0 Å². The zero-order valence-electron chi connectivity index (χ0n) is 17.9. The molecule has 2 aromatic carbocycles. The molecule has 6 nitrogen and oxygen atoms in total. The predicted octanol–water partition coefficient (Wildman–Crippen LogP) is 4.31. The fraction of sp³-hybridized carbons (Fsp3) is 0.320. The van der Waals surface area contributed by atoms with E-state index in [4.69, 9.17) is 4.42 Å². The molecular formula is C25H26N4O2. The van der Waals surface area contributed by atoms with Gasteiger partial charge >= 0.3 is 0 Å². The number of carbonyl (C=O) groups excluding carboxylic acids is 1. The minimum atomic E-state index is -0.117. The van der Waals surface area contributed by atoms with E-state index >= 15 is 0 Å². The summed E-state index contributed by atoms with van der Waals surface area (Å²) in [6.45, 7) is 6.70. The fourth-order valence-electron chi connectivity index (χ4n) is 4.02. The van der Waals surface area contributed by atoms with Crippen molar-refractivity contribution in [1.82, 2.24) is 14.8 Å². The number of oxazole rings is 1. The van der Waals surface area contributed by atoms with Gasteiger partial charge in [0.05, 0.1) is 17.8 Å². The van der Waals surface area contributed by atoms with Crippen LogP contribution in [0.2, 0.25) is 0 Å². The Balaban J connectivity index is 1.53. The quantitative estimate of drug-likeness (QED) is 0.622. The number of aromatic nitrogens is 1. The highest BCUT2D eigenvalue weighted by molar-refractivity contribution is 6.00. The summed E-state index contributed by atoms with van der Waals surface area (Å²) in [6.07, 6.45) is 1.69. The smallest absolute Gasteiger partial charge is 0.254 e. The summed E-state index contributed by atoms with van der Waals surface area (Å²) >= 11 is 0. The van der Waals surface area contributed by atoms with Crippen LogP contribution in [0, 0.1) is 17.2 Å². The number of nitrogens with zero attached hydrogens (tertiary/aromatic N) is 4. The molecule has 1 aliphatic heterocycles. The molecule has 158 valence electrons. The average Bonchev–Trinajstić information content (AvgIpc) is 3.30. The van der Waals surface area contributed by atoms with Gasteiger partial charge in [0.25, 0.3) is 5.91 Å². The molecular weight excluding hydrogens is 388 g/mol. The zero-order chi connectivity index (χ0) is 21.8. The van der Waals surface area contributed by atoms with Crippen molar-refractivity contribution in [2.24, 2.45) is 5.92 Å². The normalized spacial score (nSPS) is 15.6. The Labute approximate surface area is 182 Å². The van der Waals surface area contributed by atoms with Crippen LogP contribution in [0.5, 0.6) is 0 Å². The first-order chi connectivity index (χ1) is 15.1. The van der Waals surface area contributed by atoms with Crippen LogP contribution in [0.4, 0.5) is 0 Å². The van der Waals surface area contributed by atoms with E-state index in [0.717, 1.165) is 5.56 Å². The molecule has 0 saturated carbocycles. The van der Waals surface area contributed by atoms with E-state index < -0.39 is 0 Å². The van der Waals surface area contributed by atoms with Crippen LogP contribution in [0.15, 0.2) is 65.2 Å². The molecule has 1 unspecified atom stereocenters. The second-order valence-electron chi connectivity index (χ2n) is 8.09. The third-order valence-electron chi connectivity index (χ3n) is 5.71. The summed E-state index contributed by atoms with van der Waals surface area (Å²) in [7, 11) is 0. The van der Waals surface area contributed by atoms with Gasteiger partial charge in [-0.15, -0.1) is 0 Å². The molecule has 1 saturated heterocycles. The number of hydrogen-bond acceptors (Lipinski definition) is 5. The van der Waals surface area contributed by atoms with Gasteiger partial charge in [-0.2, -0.15) is 5.26 Å². The van der Waals surface area contributed by atoms with Gasteiger partial charge in [-0.05, 0) is 18.1 Å². The van der Waals surface area contributed by atoms with E-state index in [2.05, 4.69) is 29.8 Å². The lowest BCUT2D eigenvalue weighted by Gasteiger charge is -2.38. The molecule has 3 aromatic rings. The molecule has 31 heavy (non-hydrogen) atoms. The minimum Gasteiger partial charge on any atom is -0.436 e. The van der Waals surface area contributed by atoms with Gasteiger partial charge in [-0.1, -0.05) is 56.3 Å². The molecule has 1 aliphatic rings. The van der Waals surface area contributed by atoms with E-state index in [1.807, 2.05) is 59.5 Å². The van der Waals surface area contributed by atoms with Crippen LogP contribution >= 0.6 is 0 Å². The van der Waals surface area contributed by atoms with Gasteiger partial charge in [0.1, 0.15) is 6.04 Å². The molecule has 0 N–H and O–H groups in total. The Morgan fingerprint density at radius 2 is 1.71 bits per heavy atom. The van der Waals surface area contributed by atoms with Gasteiger partial charge in [-0.25, -0.2) is 4.98 Å². The van der Waals surface area contributed by atoms with Gasteiger partial charge < -0.3 is 9.32 Å². The van der Waals surface area contributed by atoms with Crippen LogP contribution in [0.25, 0.3) is 22.8 Å². The van der Waals surface area contributed by atoms with Crippen molar-refractivity contribution in [2.75, 3.05) is 26.2 Å². The summed E-state index contributed by atoms with van der Waals surface area (Å²) in [5.74, 6) is 1.33. The molecule has 0 radical (unpaired) electrons. The number of rotatable bonds is 5. The highest BCUT2D eigenvalue weighted by atomic mass is 16.4. The summed E-state index contributed by atoms with van der Waals surface area (Å²) in [5.41, 5.74) is 2.21. The lowest BCUT2D eigenvalue weighted by atomic mass is 10.0. The Morgan fingerprint density at radius 1 is 1.03 bits per heavy atom. The second kappa shape index (κ2) is 9.15. The predicted molar refractivity (Wildman–Crippen MR) is 119 cm³/mol. The summed E-state index contributed by atoms with van der Waals surface area (Å²) in [5, 5.41) is 9.46. The third-order valence-corrected chi connectivity index (χ3v) is 5.71. The van der Waals surface area contributed by atoms with Crippen molar-refractivity contribution >= 4 is 5.91 Å². The average molecular weight is 415 g/mol. The van der Waals surface area contributed by atoms with Crippen molar-refractivity contribution in [1.29, 1.82) is 5.26 Å². The van der Waals surface area contributed by atoms with Crippen molar-refractivity contribution in [3.8, 4) is 28.8 Å².